The molecule has 0 aromatic heterocycles. The molecular weight excluding hydrogens is 270 g/mol. The van der Waals surface area contributed by atoms with E-state index in [4.69, 9.17) is 5.11 Å². The second-order valence-electron chi connectivity index (χ2n) is 4.28. The molecule has 0 saturated heterocycles. The molecule has 6 nitrogen and oxygen atoms in total. The Morgan fingerprint density at radius 1 is 1.32 bits per heavy atom. The summed E-state index contributed by atoms with van der Waals surface area (Å²) in [7, 11) is -3.42. The highest BCUT2D eigenvalue weighted by Crippen LogP contribution is 2.15. The number of aliphatic carboxylic acids is 1. The van der Waals surface area contributed by atoms with Gasteiger partial charge in [-0.15, -0.1) is 0 Å². The Morgan fingerprint density at radius 2 is 1.89 bits per heavy atom. The minimum Gasteiger partial charge on any atom is -0.480 e. The van der Waals surface area contributed by atoms with Crippen LogP contribution in [0.25, 0.3) is 0 Å². The fourth-order valence-electron chi connectivity index (χ4n) is 1.41. The van der Waals surface area contributed by atoms with Crippen molar-refractivity contribution in [3.63, 3.8) is 0 Å². The lowest BCUT2D eigenvalue weighted by Gasteiger charge is -2.11. The monoisotopic (exact) mass is 285 g/mol. The van der Waals surface area contributed by atoms with Crippen molar-refractivity contribution in [1.82, 2.24) is 5.32 Å². The number of benzene rings is 1. The van der Waals surface area contributed by atoms with Gasteiger partial charge in [-0.25, -0.2) is 8.42 Å². The summed E-state index contributed by atoms with van der Waals surface area (Å²) in [6, 6.07) is 3.11. The van der Waals surface area contributed by atoms with E-state index in [-0.39, 0.29) is 10.5 Å². The average Bonchev–Trinajstić information content (AvgIpc) is 2.27. The molecule has 19 heavy (non-hydrogen) atoms. The molecule has 0 heterocycles. The molecule has 7 heteroatoms. The van der Waals surface area contributed by atoms with E-state index in [9.17, 15) is 18.0 Å². The number of carbonyl (C=O) groups excluding carboxylic acids is 1. The molecule has 0 fully saturated rings. The van der Waals surface area contributed by atoms with Gasteiger partial charge in [0.1, 0.15) is 6.04 Å². The maximum atomic E-state index is 11.9. The molecule has 2 N–H and O–H groups in total. The van der Waals surface area contributed by atoms with E-state index in [1.165, 1.54) is 25.1 Å². The normalized spacial score (nSPS) is 12.8. The van der Waals surface area contributed by atoms with Crippen molar-refractivity contribution in [2.45, 2.75) is 24.8 Å². The van der Waals surface area contributed by atoms with Crippen LogP contribution in [0.5, 0.6) is 0 Å². The molecule has 0 aliphatic rings. The zero-order valence-electron chi connectivity index (χ0n) is 10.8. The average molecular weight is 285 g/mol. The maximum Gasteiger partial charge on any atom is 0.325 e. The number of rotatable bonds is 4. The van der Waals surface area contributed by atoms with Crippen LogP contribution in [0.4, 0.5) is 0 Å². The first-order chi connectivity index (χ1) is 8.62. The number of hydrogen-bond acceptors (Lipinski definition) is 4. The second-order valence-corrected chi connectivity index (χ2v) is 6.30. The first-order valence-corrected chi connectivity index (χ1v) is 7.36. The van der Waals surface area contributed by atoms with E-state index >= 15 is 0 Å². The summed E-state index contributed by atoms with van der Waals surface area (Å²) in [6.07, 6.45) is 1.04. The van der Waals surface area contributed by atoms with Crippen molar-refractivity contribution >= 4 is 21.7 Å². The summed E-state index contributed by atoms with van der Waals surface area (Å²) in [5.41, 5.74) is 0.721. The lowest BCUT2D eigenvalue weighted by molar-refractivity contribution is -0.138. The van der Waals surface area contributed by atoms with Crippen molar-refractivity contribution in [3.8, 4) is 0 Å². The Labute approximate surface area is 111 Å². The van der Waals surface area contributed by atoms with Gasteiger partial charge in [-0.05, 0) is 31.5 Å². The zero-order valence-corrected chi connectivity index (χ0v) is 11.6. The summed E-state index contributed by atoms with van der Waals surface area (Å²) in [4.78, 5) is 22.6. The first-order valence-electron chi connectivity index (χ1n) is 5.47. The molecule has 104 valence electrons. The lowest BCUT2D eigenvalue weighted by atomic mass is 10.1. The SMILES string of the molecule is Cc1ccc(S(C)(=O)=O)cc1C(=O)N[C@H](C)C(=O)O. The molecular formula is C12H15NO5S. The third-order valence-electron chi connectivity index (χ3n) is 2.60. The van der Waals surface area contributed by atoms with Crippen molar-refractivity contribution in [2.75, 3.05) is 6.26 Å². The van der Waals surface area contributed by atoms with Gasteiger partial charge < -0.3 is 10.4 Å². The van der Waals surface area contributed by atoms with E-state index in [0.29, 0.717) is 5.56 Å². The van der Waals surface area contributed by atoms with E-state index in [2.05, 4.69) is 5.32 Å². The van der Waals surface area contributed by atoms with E-state index in [1.807, 2.05) is 0 Å². The van der Waals surface area contributed by atoms with Crippen molar-refractivity contribution in [1.29, 1.82) is 0 Å². The number of sulfone groups is 1. The Kier molecular flexibility index (Phi) is 4.31. The second kappa shape index (κ2) is 5.40. The van der Waals surface area contributed by atoms with Crippen molar-refractivity contribution < 1.29 is 23.1 Å². The predicted octanol–water partition coefficient (Wildman–Crippen LogP) is 0.601. The molecule has 0 radical (unpaired) electrons. The van der Waals surface area contributed by atoms with Crippen LogP contribution in [0, 0.1) is 6.92 Å². The molecule has 1 rings (SSSR count). The zero-order chi connectivity index (χ0) is 14.8. The number of nitrogens with one attached hydrogen (secondary N) is 1. The molecule has 1 aromatic rings. The highest BCUT2D eigenvalue weighted by molar-refractivity contribution is 7.90. The van der Waals surface area contributed by atoms with Gasteiger partial charge in [0.15, 0.2) is 9.84 Å². The minimum atomic E-state index is -3.42. The van der Waals surface area contributed by atoms with Crippen LogP contribution in [0.2, 0.25) is 0 Å². The topological polar surface area (TPSA) is 101 Å². The van der Waals surface area contributed by atoms with Crippen LogP contribution in [-0.2, 0) is 14.6 Å². The van der Waals surface area contributed by atoms with Gasteiger partial charge in [0.2, 0.25) is 0 Å². The summed E-state index contributed by atoms with van der Waals surface area (Å²) in [6.45, 7) is 2.97. The third-order valence-corrected chi connectivity index (χ3v) is 3.71. The summed E-state index contributed by atoms with van der Waals surface area (Å²) in [5.74, 6) is -1.77. The van der Waals surface area contributed by atoms with Gasteiger partial charge in [0, 0.05) is 11.8 Å². The highest BCUT2D eigenvalue weighted by Gasteiger charge is 2.18. The predicted molar refractivity (Wildman–Crippen MR) is 68.9 cm³/mol. The van der Waals surface area contributed by atoms with Crippen LogP contribution in [0.15, 0.2) is 23.1 Å². The molecule has 1 aromatic carbocycles. The maximum absolute atomic E-state index is 11.9. The van der Waals surface area contributed by atoms with Gasteiger partial charge in [-0.3, -0.25) is 9.59 Å². The number of carbonyl (C=O) groups is 2. The van der Waals surface area contributed by atoms with Gasteiger partial charge >= 0.3 is 5.97 Å². The Morgan fingerprint density at radius 3 is 2.37 bits per heavy atom. The van der Waals surface area contributed by atoms with Crippen LogP contribution >= 0.6 is 0 Å². The van der Waals surface area contributed by atoms with Crippen LogP contribution in [0.3, 0.4) is 0 Å². The minimum absolute atomic E-state index is 0.0197. The summed E-state index contributed by atoms with van der Waals surface area (Å²) >= 11 is 0. The highest BCUT2D eigenvalue weighted by atomic mass is 32.2. The standard InChI is InChI=1S/C12H15NO5S/c1-7-4-5-9(19(3,17)18)6-10(7)11(14)13-8(2)12(15)16/h4-6,8H,1-3H3,(H,13,14)(H,15,16)/t8-/m1/s1. The van der Waals surface area contributed by atoms with Crippen LogP contribution < -0.4 is 5.32 Å². The Bertz CT molecular complexity index is 621. The van der Waals surface area contributed by atoms with Crippen molar-refractivity contribution in [3.05, 3.63) is 29.3 Å². The van der Waals surface area contributed by atoms with E-state index in [1.54, 1.807) is 6.92 Å². The van der Waals surface area contributed by atoms with Gasteiger partial charge in [0.05, 0.1) is 4.90 Å². The summed E-state index contributed by atoms with van der Waals surface area (Å²) < 4.78 is 22.8. The number of hydrogen-bond donors (Lipinski definition) is 2. The largest absolute Gasteiger partial charge is 0.480 e. The molecule has 1 atom stereocenters. The first kappa shape index (κ1) is 15.2. The molecule has 0 unspecified atom stereocenters. The lowest BCUT2D eigenvalue weighted by Crippen LogP contribution is -2.38. The smallest absolute Gasteiger partial charge is 0.325 e. The van der Waals surface area contributed by atoms with Crippen LogP contribution in [0.1, 0.15) is 22.8 Å². The molecule has 0 spiro atoms. The Hall–Kier alpha value is -1.89. The van der Waals surface area contributed by atoms with Crippen molar-refractivity contribution in [2.24, 2.45) is 0 Å². The third kappa shape index (κ3) is 3.78. The number of aryl methyl sites for hydroxylation is 1. The number of carboxylic acids is 1. The summed E-state index contributed by atoms with van der Waals surface area (Å²) in [5, 5.41) is 11.0. The van der Waals surface area contributed by atoms with Gasteiger partial charge in [-0.1, -0.05) is 6.07 Å². The van der Waals surface area contributed by atoms with E-state index in [0.717, 1.165) is 6.26 Å². The van der Waals surface area contributed by atoms with Crippen LogP contribution in [-0.4, -0.2) is 37.7 Å². The number of amides is 1. The quantitative estimate of drug-likeness (QED) is 0.843. The fourth-order valence-corrected chi connectivity index (χ4v) is 2.06. The molecule has 0 bridgehead atoms. The molecule has 0 aliphatic heterocycles. The molecule has 0 saturated carbocycles. The van der Waals surface area contributed by atoms with Gasteiger partial charge in [-0.2, -0.15) is 0 Å². The van der Waals surface area contributed by atoms with E-state index < -0.39 is 27.8 Å². The number of carboxylic acid groups (broad SMARTS) is 1. The molecule has 1 amide bonds. The molecule has 0 aliphatic carbocycles. The fraction of sp³-hybridized carbons (Fsp3) is 0.333. The Balaban J connectivity index is 3.13. The van der Waals surface area contributed by atoms with Gasteiger partial charge in [0.25, 0.3) is 5.91 Å².